The van der Waals surface area contributed by atoms with Crippen molar-refractivity contribution in [3.05, 3.63) is 60.1 Å². The maximum atomic E-state index is 13.4. The summed E-state index contributed by atoms with van der Waals surface area (Å²) in [6.07, 6.45) is 9.45. The molecule has 1 aromatic carbocycles. The van der Waals surface area contributed by atoms with Crippen LogP contribution in [0.5, 0.6) is 0 Å². The lowest BCUT2D eigenvalue weighted by Crippen LogP contribution is -2.33. The minimum atomic E-state index is -0.637. The van der Waals surface area contributed by atoms with Crippen molar-refractivity contribution in [1.82, 2.24) is 25.3 Å². The molecule has 1 fully saturated rings. The molecule has 0 spiro atoms. The van der Waals surface area contributed by atoms with Gasteiger partial charge in [-0.3, -0.25) is 14.7 Å². The maximum Gasteiger partial charge on any atom is 0.242 e. The first-order chi connectivity index (χ1) is 14.4. The van der Waals surface area contributed by atoms with Gasteiger partial charge in [-0.1, -0.05) is 12.1 Å². The van der Waals surface area contributed by atoms with Crippen molar-refractivity contribution in [2.45, 2.75) is 51.6 Å². The van der Waals surface area contributed by atoms with Crippen LogP contribution in [-0.2, 0) is 16.8 Å². The Labute approximate surface area is 175 Å². The number of carbonyl (C=O) groups is 1. The Morgan fingerprint density at radius 3 is 2.60 bits per heavy atom. The van der Waals surface area contributed by atoms with Crippen molar-refractivity contribution in [2.24, 2.45) is 0 Å². The van der Waals surface area contributed by atoms with Crippen molar-refractivity contribution < 1.29 is 4.79 Å². The van der Waals surface area contributed by atoms with Crippen molar-refractivity contribution in [2.75, 3.05) is 4.90 Å². The van der Waals surface area contributed by atoms with E-state index >= 15 is 0 Å². The molecule has 30 heavy (non-hydrogen) atoms. The highest BCUT2D eigenvalue weighted by Gasteiger charge is 2.45. The van der Waals surface area contributed by atoms with Gasteiger partial charge in [-0.25, -0.2) is 15.0 Å². The number of anilines is 2. The number of aromatic nitrogens is 4. The molecule has 0 atom stereocenters. The lowest BCUT2D eigenvalue weighted by atomic mass is 9.85. The second-order valence-electron chi connectivity index (χ2n) is 8.54. The molecule has 1 saturated carbocycles. The predicted octanol–water partition coefficient (Wildman–Crippen LogP) is 3.45. The molecule has 1 aliphatic carbocycles. The first kappa shape index (κ1) is 18.8. The number of amides is 1. The molecule has 2 aromatic heterocycles. The fraction of sp³-hybridized carbons (Fsp3) is 0.348. The molecule has 2 aliphatic rings. The highest BCUT2D eigenvalue weighted by Crippen LogP contribution is 2.46. The summed E-state index contributed by atoms with van der Waals surface area (Å²) in [6, 6.07) is 6.65. The fourth-order valence-electron chi connectivity index (χ4n) is 3.82. The van der Waals surface area contributed by atoms with Gasteiger partial charge >= 0.3 is 0 Å². The summed E-state index contributed by atoms with van der Waals surface area (Å²) in [5.41, 5.74) is 3.89. The number of nitrogens with zero attached hydrogens (tertiary/aromatic N) is 5. The van der Waals surface area contributed by atoms with E-state index in [0.717, 1.165) is 33.9 Å². The molecule has 3 aromatic rings. The number of nitrogens with one attached hydrogen (secondary N) is 1. The zero-order chi connectivity index (χ0) is 20.9. The SMILES string of the molecule is Cc1ncc(-c2ccc3c(c2)N(c2cncc(CNC4CC4)n2)C(=O)C3(C)C)cn1. The number of benzene rings is 1. The second kappa shape index (κ2) is 6.95. The highest BCUT2D eigenvalue weighted by atomic mass is 16.2. The Morgan fingerprint density at radius 1 is 1.10 bits per heavy atom. The van der Waals surface area contributed by atoms with E-state index in [-0.39, 0.29) is 5.91 Å². The molecule has 5 rings (SSSR count). The minimum Gasteiger partial charge on any atom is -0.308 e. The van der Waals surface area contributed by atoms with Crippen LogP contribution >= 0.6 is 0 Å². The van der Waals surface area contributed by atoms with Gasteiger partial charge in [-0.2, -0.15) is 0 Å². The molecule has 0 bridgehead atoms. The van der Waals surface area contributed by atoms with Crippen molar-refractivity contribution in [3.8, 4) is 11.1 Å². The third-order valence-electron chi connectivity index (χ3n) is 5.81. The Hall–Kier alpha value is -3.19. The van der Waals surface area contributed by atoms with Gasteiger partial charge in [0.1, 0.15) is 5.82 Å². The molecular weight excluding hydrogens is 376 g/mol. The molecule has 7 heteroatoms. The van der Waals surface area contributed by atoms with E-state index < -0.39 is 5.41 Å². The molecule has 1 amide bonds. The number of carbonyl (C=O) groups excluding carboxylic acids is 1. The van der Waals surface area contributed by atoms with Gasteiger partial charge in [0.2, 0.25) is 5.91 Å². The molecule has 0 radical (unpaired) electrons. The van der Waals surface area contributed by atoms with E-state index in [0.29, 0.717) is 18.4 Å². The van der Waals surface area contributed by atoms with E-state index in [1.165, 1.54) is 12.8 Å². The van der Waals surface area contributed by atoms with E-state index in [2.05, 4.69) is 20.3 Å². The molecule has 0 unspecified atom stereocenters. The number of hydrogen-bond donors (Lipinski definition) is 1. The molecule has 152 valence electrons. The lowest BCUT2D eigenvalue weighted by molar-refractivity contribution is -0.121. The van der Waals surface area contributed by atoms with Crippen LogP contribution in [0.3, 0.4) is 0 Å². The smallest absolute Gasteiger partial charge is 0.242 e. The number of fused-ring (bicyclic) bond motifs is 1. The molecular formula is C23H24N6O. The van der Waals surface area contributed by atoms with Crippen LogP contribution in [0.1, 0.15) is 43.8 Å². The first-order valence-corrected chi connectivity index (χ1v) is 10.3. The first-order valence-electron chi connectivity index (χ1n) is 10.3. The summed E-state index contributed by atoms with van der Waals surface area (Å²) < 4.78 is 0. The third kappa shape index (κ3) is 3.25. The van der Waals surface area contributed by atoms with E-state index in [1.54, 1.807) is 29.7 Å². The van der Waals surface area contributed by atoms with Gasteiger partial charge in [0.05, 0.1) is 23.0 Å². The van der Waals surface area contributed by atoms with Crippen LogP contribution in [0, 0.1) is 6.92 Å². The topological polar surface area (TPSA) is 83.9 Å². The van der Waals surface area contributed by atoms with Crippen LogP contribution in [0.2, 0.25) is 0 Å². The van der Waals surface area contributed by atoms with Crippen LogP contribution < -0.4 is 10.2 Å². The van der Waals surface area contributed by atoms with Crippen LogP contribution in [0.25, 0.3) is 11.1 Å². The summed E-state index contributed by atoms with van der Waals surface area (Å²) in [4.78, 5) is 32.8. The molecule has 0 saturated heterocycles. The zero-order valence-corrected chi connectivity index (χ0v) is 17.4. The number of rotatable bonds is 5. The maximum absolute atomic E-state index is 13.4. The van der Waals surface area contributed by atoms with Crippen molar-refractivity contribution >= 4 is 17.4 Å². The second-order valence-corrected chi connectivity index (χ2v) is 8.54. The zero-order valence-electron chi connectivity index (χ0n) is 17.4. The summed E-state index contributed by atoms with van der Waals surface area (Å²) in [7, 11) is 0. The predicted molar refractivity (Wildman–Crippen MR) is 114 cm³/mol. The Bertz CT molecular complexity index is 1120. The van der Waals surface area contributed by atoms with Crippen LogP contribution in [0.4, 0.5) is 11.5 Å². The molecule has 7 nitrogen and oxygen atoms in total. The summed E-state index contributed by atoms with van der Waals surface area (Å²) in [5, 5.41) is 3.45. The highest BCUT2D eigenvalue weighted by molar-refractivity contribution is 6.12. The summed E-state index contributed by atoms with van der Waals surface area (Å²) in [6.45, 7) is 6.42. The minimum absolute atomic E-state index is 0.00333. The summed E-state index contributed by atoms with van der Waals surface area (Å²) >= 11 is 0. The third-order valence-corrected chi connectivity index (χ3v) is 5.81. The van der Waals surface area contributed by atoms with Gasteiger partial charge in [-0.05, 0) is 50.8 Å². The van der Waals surface area contributed by atoms with Gasteiger partial charge in [0.25, 0.3) is 0 Å². The lowest BCUT2D eigenvalue weighted by Gasteiger charge is -2.20. The average Bonchev–Trinajstić information content (AvgIpc) is 3.55. The van der Waals surface area contributed by atoms with Gasteiger partial charge < -0.3 is 5.32 Å². The molecule has 1 N–H and O–H groups in total. The van der Waals surface area contributed by atoms with Gasteiger partial charge in [0, 0.05) is 36.7 Å². The van der Waals surface area contributed by atoms with Gasteiger partial charge in [-0.15, -0.1) is 0 Å². The number of aryl methyl sites for hydroxylation is 1. The van der Waals surface area contributed by atoms with E-state index in [4.69, 9.17) is 4.98 Å². The number of hydrogen-bond acceptors (Lipinski definition) is 6. The molecule has 1 aliphatic heterocycles. The van der Waals surface area contributed by atoms with Gasteiger partial charge in [0.15, 0.2) is 5.82 Å². The van der Waals surface area contributed by atoms with Crippen LogP contribution in [0.15, 0.2) is 43.0 Å². The average molecular weight is 400 g/mol. The van der Waals surface area contributed by atoms with Crippen LogP contribution in [-0.4, -0.2) is 31.9 Å². The quantitative estimate of drug-likeness (QED) is 0.706. The van der Waals surface area contributed by atoms with Crippen molar-refractivity contribution in [3.63, 3.8) is 0 Å². The van der Waals surface area contributed by atoms with Crippen molar-refractivity contribution in [1.29, 1.82) is 0 Å². The monoisotopic (exact) mass is 400 g/mol. The Kier molecular flexibility index (Phi) is 4.36. The van der Waals surface area contributed by atoms with E-state index in [1.807, 2.05) is 39.0 Å². The Morgan fingerprint density at radius 2 is 1.87 bits per heavy atom. The van der Waals surface area contributed by atoms with E-state index in [9.17, 15) is 4.79 Å². The fourth-order valence-corrected chi connectivity index (χ4v) is 3.82. The standard InChI is InChI=1S/C23H24N6O/c1-14-25-9-16(10-26-14)15-4-7-19-20(8-15)29(22(30)23(19,2)3)21-13-24-11-18(28-21)12-27-17-5-6-17/h4,7-11,13,17,27H,5-6,12H2,1-3H3. The largest absolute Gasteiger partial charge is 0.308 e. The molecule has 3 heterocycles. The summed E-state index contributed by atoms with van der Waals surface area (Å²) in [5.74, 6) is 1.28. The normalized spacial score (nSPS) is 17.3. The Balaban J connectivity index is 1.55.